The lowest BCUT2D eigenvalue weighted by Gasteiger charge is -2.40. The highest BCUT2D eigenvalue weighted by atomic mass is 16.6. The van der Waals surface area contributed by atoms with E-state index < -0.39 is 17.7 Å². The summed E-state index contributed by atoms with van der Waals surface area (Å²) < 4.78 is 11.0. The second-order valence-electron chi connectivity index (χ2n) is 5.62. The number of hydrogen-bond donors (Lipinski definition) is 0. The molecule has 6 heteroatoms. The fourth-order valence-electron chi connectivity index (χ4n) is 3.07. The zero-order chi connectivity index (χ0) is 17.2. The molecule has 3 rings (SSSR count). The van der Waals surface area contributed by atoms with Crippen LogP contribution in [0, 0.1) is 0 Å². The molecule has 2 aliphatic heterocycles. The van der Waals surface area contributed by atoms with Gasteiger partial charge in [-0.3, -0.25) is 14.5 Å². The minimum Gasteiger partial charge on any atom is -0.471 e. The van der Waals surface area contributed by atoms with Crippen LogP contribution in [0.3, 0.4) is 0 Å². The molecule has 1 unspecified atom stereocenters. The van der Waals surface area contributed by atoms with E-state index in [0.29, 0.717) is 6.29 Å². The summed E-state index contributed by atoms with van der Waals surface area (Å²) in [6, 6.07) is 9.21. The molecule has 2 saturated heterocycles. The summed E-state index contributed by atoms with van der Waals surface area (Å²) in [7, 11) is 0. The summed E-state index contributed by atoms with van der Waals surface area (Å²) in [6.07, 6.45) is 2.98. The molecule has 2 aliphatic rings. The first-order valence-corrected chi connectivity index (χ1v) is 7.60. The number of fused-ring (bicyclic) bond motifs is 1. The van der Waals surface area contributed by atoms with E-state index in [1.165, 1.54) is 17.1 Å². The summed E-state index contributed by atoms with van der Waals surface area (Å²) in [5.74, 6) is -0.714. The third-order valence-electron chi connectivity index (χ3n) is 4.20. The van der Waals surface area contributed by atoms with Crippen LogP contribution in [-0.2, 0) is 30.5 Å². The van der Waals surface area contributed by atoms with Gasteiger partial charge in [-0.25, -0.2) is 4.79 Å². The average Bonchev–Trinajstić information content (AvgIpc) is 2.83. The van der Waals surface area contributed by atoms with Gasteiger partial charge in [0.25, 0.3) is 0 Å². The van der Waals surface area contributed by atoms with Crippen LogP contribution >= 0.6 is 0 Å². The molecule has 2 atom stereocenters. The maximum atomic E-state index is 12.9. The lowest BCUT2D eigenvalue weighted by molar-refractivity contribution is -0.174. The predicted molar refractivity (Wildman–Crippen MR) is 84.3 cm³/mol. The van der Waals surface area contributed by atoms with Gasteiger partial charge in [0, 0.05) is 12.5 Å². The first-order valence-electron chi connectivity index (χ1n) is 7.60. The van der Waals surface area contributed by atoms with Gasteiger partial charge in [-0.1, -0.05) is 36.4 Å². The van der Waals surface area contributed by atoms with Crippen molar-refractivity contribution in [2.75, 3.05) is 0 Å². The number of ether oxygens (including phenoxy) is 2. The molecule has 124 valence electrons. The number of benzene rings is 1. The lowest BCUT2D eigenvalue weighted by Crippen LogP contribution is -2.62. The van der Waals surface area contributed by atoms with E-state index in [1.807, 2.05) is 30.3 Å². The molecular formula is C18H17NO5. The molecule has 0 radical (unpaired) electrons. The lowest BCUT2D eigenvalue weighted by atomic mass is 9.88. The first-order chi connectivity index (χ1) is 11.6. The number of esters is 1. The van der Waals surface area contributed by atoms with Crippen LogP contribution in [0.25, 0.3) is 0 Å². The zero-order valence-electron chi connectivity index (χ0n) is 13.0. The number of allylic oxidation sites excluding steroid dienone is 1. The molecule has 0 aromatic heterocycles. The molecule has 1 aromatic carbocycles. The number of β-lactam (4-membered cyclic amide) rings is 1. The van der Waals surface area contributed by atoms with Crippen LogP contribution < -0.4 is 0 Å². The van der Waals surface area contributed by atoms with Gasteiger partial charge >= 0.3 is 5.97 Å². The molecule has 6 nitrogen and oxygen atoms in total. The molecule has 24 heavy (non-hydrogen) atoms. The normalized spacial score (nSPS) is 26.3. The minimum absolute atomic E-state index is 0.0691. The summed E-state index contributed by atoms with van der Waals surface area (Å²) in [5.41, 5.74) is -0.622. The highest BCUT2D eigenvalue weighted by Gasteiger charge is 2.64. The van der Waals surface area contributed by atoms with E-state index in [1.54, 1.807) is 0 Å². The molecule has 0 aliphatic carbocycles. The van der Waals surface area contributed by atoms with Crippen LogP contribution in [0.4, 0.5) is 0 Å². The van der Waals surface area contributed by atoms with Crippen molar-refractivity contribution in [3.8, 4) is 0 Å². The second kappa shape index (κ2) is 6.31. The van der Waals surface area contributed by atoms with E-state index in [-0.39, 0.29) is 31.1 Å². The molecule has 0 bridgehead atoms. The standard InChI is InChI=1S/C18H17NO5/c1-2-9-18(17(22)23-12-13-6-4-3-5-7-13)14(8-10-20)24-16-11-15(21)19(16)18/h2-8,10,16H,1,9,11-12H2/b14-8+/t16-,18?/m1/s1. The van der Waals surface area contributed by atoms with Crippen molar-refractivity contribution in [1.82, 2.24) is 4.90 Å². The van der Waals surface area contributed by atoms with Crippen LogP contribution in [-0.4, -0.2) is 34.8 Å². The third kappa shape index (κ3) is 2.40. The highest BCUT2D eigenvalue weighted by Crippen LogP contribution is 2.46. The van der Waals surface area contributed by atoms with Crippen LogP contribution in [0.1, 0.15) is 18.4 Å². The Morgan fingerprint density at radius 3 is 2.79 bits per heavy atom. The molecule has 0 spiro atoms. The number of carbonyl (C=O) groups is 3. The third-order valence-corrected chi connectivity index (χ3v) is 4.20. The van der Waals surface area contributed by atoms with E-state index in [4.69, 9.17) is 9.47 Å². The van der Waals surface area contributed by atoms with Crippen molar-refractivity contribution in [1.29, 1.82) is 0 Å². The van der Waals surface area contributed by atoms with E-state index in [9.17, 15) is 14.4 Å². The Kier molecular flexibility index (Phi) is 4.20. The molecule has 2 fully saturated rings. The Morgan fingerprint density at radius 1 is 1.42 bits per heavy atom. The zero-order valence-corrected chi connectivity index (χ0v) is 13.0. The number of amides is 1. The Labute approximate surface area is 139 Å². The summed E-state index contributed by atoms with van der Waals surface area (Å²) in [4.78, 5) is 37.1. The highest BCUT2D eigenvalue weighted by molar-refractivity contribution is 5.96. The Hall–Kier alpha value is -2.89. The van der Waals surface area contributed by atoms with Crippen molar-refractivity contribution in [3.05, 3.63) is 60.4 Å². The predicted octanol–water partition coefficient (Wildman–Crippen LogP) is 1.72. The van der Waals surface area contributed by atoms with Crippen LogP contribution in [0.5, 0.6) is 0 Å². The SMILES string of the molecule is C=CCC1(C(=O)OCc2ccccc2)/C(=C\C=O)O[C@@H]2CC(=O)N21. The first kappa shape index (κ1) is 16.0. The van der Waals surface area contributed by atoms with Crippen molar-refractivity contribution >= 4 is 18.2 Å². The maximum Gasteiger partial charge on any atom is 0.340 e. The molecule has 0 saturated carbocycles. The topological polar surface area (TPSA) is 72.9 Å². The fraction of sp³-hybridized carbons (Fsp3) is 0.278. The summed E-state index contributed by atoms with van der Waals surface area (Å²) in [6.45, 7) is 3.73. The van der Waals surface area contributed by atoms with Crippen LogP contribution in [0.15, 0.2) is 54.8 Å². The van der Waals surface area contributed by atoms with Gasteiger partial charge in [-0.15, -0.1) is 6.58 Å². The average molecular weight is 327 g/mol. The van der Waals surface area contributed by atoms with Gasteiger partial charge in [0.1, 0.15) is 18.7 Å². The maximum absolute atomic E-state index is 12.9. The summed E-state index contributed by atoms with van der Waals surface area (Å²) >= 11 is 0. The summed E-state index contributed by atoms with van der Waals surface area (Å²) in [5, 5.41) is 0. The molecule has 1 amide bonds. The van der Waals surface area contributed by atoms with Gasteiger partial charge in [0.2, 0.25) is 11.4 Å². The number of nitrogens with zero attached hydrogens (tertiary/aromatic N) is 1. The Morgan fingerprint density at radius 2 is 2.17 bits per heavy atom. The quantitative estimate of drug-likeness (QED) is 0.261. The monoisotopic (exact) mass is 327 g/mol. The van der Waals surface area contributed by atoms with E-state index in [2.05, 4.69) is 6.58 Å². The smallest absolute Gasteiger partial charge is 0.340 e. The van der Waals surface area contributed by atoms with Gasteiger partial charge in [0.15, 0.2) is 6.23 Å². The van der Waals surface area contributed by atoms with Crippen molar-refractivity contribution in [3.63, 3.8) is 0 Å². The number of carbonyl (C=O) groups excluding carboxylic acids is 3. The molecule has 1 aromatic rings. The number of rotatable bonds is 6. The van der Waals surface area contributed by atoms with Crippen molar-refractivity contribution < 1.29 is 23.9 Å². The Bertz CT molecular complexity index is 711. The Balaban J connectivity index is 1.89. The minimum atomic E-state index is -1.45. The van der Waals surface area contributed by atoms with E-state index >= 15 is 0 Å². The van der Waals surface area contributed by atoms with E-state index in [0.717, 1.165) is 5.56 Å². The number of aldehydes is 1. The number of hydrogen-bond acceptors (Lipinski definition) is 5. The molecule has 0 N–H and O–H groups in total. The molecular weight excluding hydrogens is 310 g/mol. The van der Waals surface area contributed by atoms with Gasteiger partial charge < -0.3 is 9.47 Å². The van der Waals surface area contributed by atoms with Crippen molar-refractivity contribution in [2.45, 2.75) is 31.2 Å². The fourth-order valence-corrected chi connectivity index (χ4v) is 3.07. The van der Waals surface area contributed by atoms with Gasteiger partial charge in [0.05, 0.1) is 6.42 Å². The van der Waals surface area contributed by atoms with Crippen molar-refractivity contribution in [2.24, 2.45) is 0 Å². The van der Waals surface area contributed by atoms with Crippen LogP contribution in [0.2, 0.25) is 0 Å². The van der Waals surface area contributed by atoms with Gasteiger partial charge in [-0.05, 0) is 5.56 Å². The van der Waals surface area contributed by atoms with Gasteiger partial charge in [-0.2, -0.15) is 0 Å². The largest absolute Gasteiger partial charge is 0.471 e. The molecule has 2 heterocycles. The second-order valence-corrected chi connectivity index (χ2v) is 5.62.